The molecule has 1 unspecified atom stereocenters. The Bertz CT molecular complexity index is 624. The lowest BCUT2D eigenvalue weighted by Gasteiger charge is -2.24. The Hall–Kier alpha value is -2.11. The number of hydrogen-bond donors (Lipinski definition) is 0. The highest BCUT2D eigenvalue weighted by molar-refractivity contribution is 5.72. The molecule has 1 aromatic carbocycles. The number of likely N-dealkylation sites (tertiary alicyclic amines) is 1. The van der Waals surface area contributed by atoms with E-state index in [1.165, 1.54) is 7.11 Å². The van der Waals surface area contributed by atoms with Crippen LogP contribution in [0.3, 0.4) is 0 Å². The molecule has 1 aliphatic rings. The summed E-state index contributed by atoms with van der Waals surface area (Å²) in [6, 6.07) is 5.02. The van der Waals surface area contributed by atoms with Gasteiger partial charge in [0.15, 0.2) is 0 Å². The molecule has 24 heavy (non-hydrogen) atoms. The molecular formula is C18H24FNO4. The fourth-order valence-electron chi connectivity index (χ4n) is 2.79. The summed E-state index contributed by atoms with van der Waals surface area (Å²) >= 11 is 0. The van der Waals surface area contributed by atoms with Crippen molar-refractivity contribution in [2.24, 2.45) is 0 Å². The summed E-state index contributed by atoms with van der Waals surface area (Å²) in [5.74, 6) is -0.970. The minimum Gasteiger partial charge on any atom is -0.469 e. The van der Waals surface area contributed by atoms with E-state index < -0.39 is 11.6 Å². The van der Waals surface area contributed by atoms with Crippen molar-refractivity contribution in [2.45, 2.75) is 45.1 Å². The molecule has 0 N–H and O–H groups in total. The Morgan fingerprint density at radius 1 is 1.33 bits per heavy atom. The minimum atomic E-state index is -0.555. The summed E-state index contributed by atoms with van der Waals surface area (Å²) in [6.45, 7) is 6.38. The molecular weight excluding hydrogens is 313 g/mol. The second-order valence-corrected chi connectivity index (χ2v) is 6.99. The fourth-order valence-corrected chi connectivity index (χ4v) is 2.79. The number of ether oxygens (including phenoxy) is 2. The number of carbonyl (C=O) groups excluding carboxylic acids is 2. The summed E-state index contributed by atoms with van der Waals surface area (Å²) < 4.78 is 24.6. The Labute approximate surface area is 141 Å². The van der Waals surface area contributed by atoms with Gasteiger partial charge in [-0.3, -0.25) is 4.79 Å². The summed E-state index contributed by atoms with van der Waals surface area (Å²) in [5.41, 5.74) is 0.290. The van der Waals surface area contributed by atoms with Gasteiger partial charge in [0.05, 0.1) is 13.5 Å². The molecule has 1 fully saturated rings. The van der Waals surface area contributed by atoms with Crippen LogP contribution in [-0.2, 0) is 20.7 Å². The highest BCUT2D eigenvalue weighted by Gasteiger charge is 2.32. The van der Waals surface area contributed by atoms with Crippen molar-refractivity contribution in [3.05, 3.63) is 35.1 Å². The van der Waals surface area contributed by atoms with Gasteiger partial charge in [-0.05, 0) is 38.3 Å². The van der Waals surface area contributed by atoms with Crippen LogP contribution in [0.25, 0.3) is 0 Å². The molecule has 0 aliphatic carbocycles. The summed E-state index contributed by atoms with van der Waals surface area (Å²) in [4.78, 5) is 25.1. The Kier molecular flexibility index (Phi) is 5.47. The van der Waals surface area contributed by atoms with E-state index in [4.69, 9.17) is 4.74 Å². The SMILES string of the molecule is COC(=O)Cc1cccc(C2CCN(C(=O)OC(C)(C)C)C2)c1F. The first-order valence-electron chi connectivity index (χ1n) is 8.03. The van der Waals surface area contributed by atoms with Crippen LogP contribution in [0.5, 0.6) is 0 Å². The van der Waals surface area contributed by atoms with E-state index in [1.54, 1.807) is 23.1 Å². The van der Waals surface area contributed by atoms with E-state index in [-0.39, 0.29) is 24.2 Å². The molecule has 6 heteroatoms. The predicted molar refractivity (Wildman–Crippen MR) is 87.3 cm³/mol. The first-order chi connectivity index (χ1) is 11.2. The van der Waals surface area contributed by atoms with Crippen molar-refractivity contribution >= 4 is 12.1 Å². The van der Waals surface area contributed by atoms with Gasteiger partial charge < -0.3 is 14.4 Å². The Morgan fingerprint density at radius 3 is 2.67 bits per heavy atom. The van der Waals surface area contributed by atoms with E-state index in [2.05, 4.69) is 4.74 Å². The van der Waals surface area contributed by atoms with Gasteiger partial charge in [0, 0.05) is 19.0 Å². The molecule has 1 amide bonds. The second-order valence-electron chi connectivity index (χ2n) is 6.99. The maximum absolute atomic E-state index is 14.7. The van der Waals surface area contributed by atoms with Gasteiger partial charge >= 0.3 is 12.1 Å². The molecule has 2 rings (SSSR count). The normalized spacial score (nSPS) is 17.7. The molecule has 1 saturated heterocycles. The van der Waals surface area contributed by atoms with Gasteiger partial charge in [0.2, 0.25) is 0 Å². The van der Waals surface area contributed by atoms with Gasteiger partial charge in [-0.15, -0.1) is 0 Å². The molecule has 0 saturated carbocycles. The maximum Gasteiger partial charge on any atom is 0.410 e. The third-order valence-electron chi connectivity index (χ3n) is 3.95. The number of rotatable bonds is 3. The van der Waals surface area contributed by atoms with Crippen LogP contribution in [0.15, 0.2) is 18.2 Å². The van der Waals surface area contributed by atoms with Crippen LogP contribution in [0, 0.1) is 5.82 Å². The molecule has 132 valence electrons. The van der Waals surface area contributed by atoms with Gasteiger partial charge in [-0.1, -0.05) is 18.2 Å². The van der Waals surface area contributed by atoms with Crippen molar-refractivity contribution in [3.63, 3.8) is 0 Å². The summed E-state index contributed by atoms with van der Waals surface area (Å²) in [7, 11) is 1.28. The van der Waals surface area contributed by atoms with Crippen molar-refractivity contribution in [3.8, 4) is 0 Å². The van der Waals surface area contributed by atoms with Crippen LogP contribution in [0.4, 0.5) is 9.18 Å². The zero-order chi connectivity index (χ0) is 17.9. The first-order valence-corrected chi connectivity index (χ1v) is 8.03. The smallest absolute Gasteiger partial charge is 0.410 e. The molecule has 5 nitrogen and oxygen atoms in total. The summed E-state index contributed by atoms with van der Waals surface area (Å²) in [6.07, 6.45) is 0.187. The molecule has 1 atom stereocenters. The third-order valence-corrected chi connectivity index (χ3v) is 3.95. The maximum atomic E-state index is 14.7. The Balaban J connectivity index is 2.09. The van der Waals surface area contributed by atoms with Gasteiger partial charge in [0.25, 0.3) is 0 Å². The van der Waals surface area contributed by atoms with Crippen LogP contribution < -0.4 is 0 Å². The Morgan fingerprint density at radius 2 is 2.04 bits per heavy atom. The topological polar surface area (TPSA) is 55.8 Å². The van der Waals surface area contributed by atoms with Crippen LogP contribution in [-0.4, -0.2) is 42.8 Å². The quantitative estimate of drug-likeness (QED) is 0.795. The molecule has 1 aromatic rings. The van der Waals surface area contributed by atoms with E-state index in [1.807, 2.05) is 20.8 Å². The lowest BCUT2D eigenvalue weighted by atomic mass is 9.95. The van der Waals surface area contributed by atoms with Crippen molar-refractivity contribution in [2.75, 3.05) is 20.2 Å². The third kappa shape index (κ3) is 4.46. The number of nitrogens with zero attached hydrogens (tertiary/aromatic N) is 1. The largest absolute Gasteiger partial charge is 0.469 e. The van der Waals surface area contributed by atoms with E-state index in [9.17, 15) is 14.0 Å². The molecule has 1 aliphatic heterocycles. The lowest BCUT2D eigenvalue weighted by Crippen LogP contribution is -2.35. The standard InChI is InChI=1S/C18H24FNO4/c1-18(2,3)24-17(22)20-9-8-13(11-20)14-7-5-6-12(16(14)19)10-15(21)23-4/h5-7,13H,8-11H2,1-4H3. The van der Waals surface area contributed by atoms with Crippen LogP contribution in [0.2, 0.25) is 0 Å². The van der Waals surface area contributed by atoms with Crippen molar-refractivity contribution in [1.29, 1.82) is 0 Å². The molecule has 0 spiro atoms. The minimum absolute atomic E-state index is 0.0985. The van der Waals surface area contributed by atoms with Crippen molar-refractivity contribution < 1.29 is 23.5 Å². The number of hydrogen-bond acceptors (Lipinski definition) is 4. The first kappa shape index (κ1) is 18.2. The number of carbonyl (C=O) groups is 2. The van der Waals surface area contributed by atoms with E-state index in [0.29, 0.717) is 30.6 Å². The van der Waals surface area contributed by atoms with Crippen LogP contribution >= 0.6 is 0 Å². The number of esters is 1. The second kappa shape index (κ2) is 7.20. The number of benzene rings is 1. The van der Waals surface area contributed by atoms with Crippen LogP contribution in [0.1, 0.15) is 44.2 Å². The fraction of sp³-hybridized carbons (Fsp3) is 0.556. The van der Waals surface area contributed by atoms with Crippen molar-refractivity contribution in [1.82, 2.24) is 4.90 Å². The zero-order valence-corrected chi connectivity index (χ0v) is 14.6. The zero-order valence-electron chi connectivity index (χ0n) is 14.6. The average Bonchev–Trinajstić information content (AvgIpc) is 2.97. The van der Waals surface area contributed by atoms with Gasteiger partial charge in [-0.2, -0.15) is 0 Å². The predicted octanol–water partition coefficient (Wildman–Crippen LogP) is 3.27. The molecule has 0 aromatic heterocycles. The highest BCUT2D eigenvalue weighted by Crippen LogP contribution is 2.31. The molecule has 1 heterocycles. The monoisotopic (exact) mass is 337 g/mol. The van der Waals surface area contributed by atoms with E-state index >= 15 is 0 Å². The van der Waals surface area contributed by atoms with Gasteiger partial charge in [-0.25, -0.2) is 9.18 Å². The average molecular weight is 337 g/mol. The number of amides is 1. The number of halogens is 1. The summed E-state index contributed by atoms with van der Waals surface area (Å²) in [5, 5.41) is 0. The lowest BCUT2D eigenvalue weighted by molar-refractivity contribution is -0.139. The van der Waals surface area contributed by atoms with E-state index in [0.717, 1.165) is 0 Å². The number of methoxy groups -OCH3 is 1. The highest BCUT2D eigenvalue weighted by atomic mass is 19.1. The van der Waals surface area contributed by atoms with Gasteiger partial charge in [0.1, 0.15) is 11.4 Å². The molecule has 0 bridgehead atoms. The molecule has 0 radical (unpaired) electrons.